The Morgan fingerprint density at radius 3 is 1.80 bits per heavy atom. The summed E-state index contributed by atoms with van der Waals surface area (Å²) < 4.78 is 111. The fourth-order valence-electron chi connectivity index (χ4n) is 2.01. The molecule has 1 aromatic carbocycles. The van der Waals surface area contributed by atoms with E-state index in [9.17, 15) is 35.1 Å². The highest BCUT2D eigenvalue weighted by atomic mass is 19.4. The van der Waals surface area contributed by atoms with E-state index in [1.807, 2.05) is 0 Å². The van der Waals surface area contributed by atoms with Crippen molar-refractivity contribution >= 4 is 0 Å². The van der Waals surface area contributed by atoms with Crippen molar-refractivity contribution in [2.75, 3.05) is 7.11 Å². The third-order valence-electron chi connectivity index (χ3n) is 3.08. The minimum absolute atomic E-state index is 0.245. The van der Waals surface area contributed by atoms with Crippen LogP contribution in [0.2, 0.25) is 0 Å². The molecule has 112 valence electrons. The van der Waals surface area contributed by atoms with E-state index in [4.69, 9.17) is 0 Å². The van der Waals surface area contributed by atoms with E-state index >= 15 is 0 Å². The van der Waals surface area contributed by atoms with Gasteiger partial charge in [0.2, 0.25) is 0 Å². The lowest BCUT2D eigenvalue weighted by Crippen LogP contribution is -2.63. The van der Waals surface area contributed by atoms with Crippen LogP contribution in [0, 0.1) is 0 Å². The summed E-state index contributed by atoms with van der Waals surface area (Å²) in [6, 6.07) is 1.69. The zero-order valence-electron chi connectivity index (χ0n) is 9.66. The molecule has 0 aliphatic heterocycles. The maximum atomic E-state index is 13.6. The van der Waals surface area contributed by atoms with Crippen molar-refractivity contribution in [1.29, 1.82) is 0 Å². The summed E-state index contributed by atoms with van der Waals surface area (Å²) in [6.07, 6.45) is 0. The third-order valence-corrected chi connectivity index (χ3v) is 3.08. The monoisotopic (exact) mass is 306 g/mol. The highest BCUT2D eigenvalue weighted by molar-refractivity contribution is 5.50. The molecule has 1 aliphatic carbocycles. The summed E-state index contributed by atoms with van der Waals surface area (Å²) in [6.45, 7) is 0. The van der Waals surface area contributed by atoms with Gasteiger partial charge in [0.15, 0.2) is 0 Å². The molecule has 0 heterocycles. The number of hydrogen-bond donors (Lipinski definition) is 0. The van der Waals surface area contributed by atoms with Gasteiger partial charge in [-0.1, -0.05) is 12.1 Å². The number of fused-ring (bicyclic) bond motifs is 1. The highest BCUT2D eigenvalue weighted by Gasteiger charge is 2.85. The van der Waals surface area contributed by atoms with Gasteiger partial charge in [0.1, 0.15) is 5.75 Å². The second-order valence-electron chi connectivity index (χ2n) is 4.18. The number of hydrogen-bond acceptors (Lipinski definition) is 1. The van der Waals surface area contributed by atoms with E-state index in [1.165, 1.54) is 0 Å². The Labute approximate surface area is 107 Å². The Bertz CT molecular complexity index is 551. The van der Waals surface area contributed by atoms with Gasteiger partial charge in [0, 0.05) is 5.56 Å². The van der Waals surface area contributed by atoms with Crippen molar-refractivity contribution in [3.63, 3.8) is 0 Å². The molecule has 0 atom stereocenters. The second kappa shape index (κ2) is 3.76. The van der Waals surface area contributed by atoms with Crippen LogP contribution in [0.15, 0.2) is 18.2 Å². The van der Waals surface area contributed by atoms with E-state index in [0.717, 1.165) is 13.2 Å². The Hall–Kier alpha value is -1.54. The smallest absolute Gasteiger partial charge is 0.383 e. The molecule has 2 rings (SSSR count). The minimum Gasteiger partial charge on any atom is -0.496 e. The van der Waals surface area contributed by atoms with Gasteiger partial charge in [-0.2, -0.15) is 35.1 Å². The number of halogens is 8. The lowest BCUT2D eigenvalue weighted by atomic mass is 9.79. The summed E-state index contributed by atoms with van der Waals surface area (Å²) in [5.74, 6) is -24.5. The van der Waals surface area contributed by atoms with Crippen LogP contribution in [-0.4, -0.2) is 19.0 Å². The lowest BCUT2D eigenvalue weighted by Gasteiger charge is -2.43. The first-order valence-electron chi connectivity index (χ1n) is 5.12. The molecule has 1 aromatic rings. The van der Waals surface area contributed by atoms with Crippen LogP contribution in [-0.2, 0) is 11.8 Å². The molecule has 0 amide bonds. The zero-order valence-corrected chi connectivity index (χ0v) is 9.66. The SMILES string of the molecule is COc1cccc2c1C(F)(F)C(F)(F)C(F)(F)C2(F)F. The van der Waals surface area contributed by atoms with Crippen molar-refractivity contribution in [3.8, 4) is 5.75 Å². The molecule has 0 unspecified atom stereocenters. The summed E-state index contributed by atoms with van der Waals surface area (Å²) in [7, 11) is 0.773. The molecule has 9 heteroatoms. The largest absolute Gasteiger partial charge is 0.496 e. The van der Waals surface area contributed by atoms with Crippen molar-refractivity contribution in [1.82, 2.24) is 0 Å². The standard InChI is InChI=1S/C11H6F8O/c1-20-6-4-2-3-5-7(6)9(14,15)11(18,19)10(16,17)8(5,12)13/h2-4H,1H3. The van der Waals surface area contributed by atoms with E-state index in [-0.39, 0.29) is 6.07 Å². The van der Waals surface area contributed by atoms with E-state index < -0.39 is 40.6 Å². The van der Waals surface area contributed by atoms with Crippen LogP contribution in [0.4, 0.5) is 35.1 Å². The number of alkyl halides is 8. The average Bonchev–Trinajstić information content (AvgIpc) is 2.35. The third kappa shape index (κ3) is 1.38. The lowest BCUT2D eigenvalue weighted by molar-refractivity contribution is -0.386. The van der Waals surface area contributed by atoms with Gasteiger partial charge in [0.25, 0.3) is 0 Å². The topological polar surface area (TPSA) is 9.23 Å². The summed E-state index contributed by atoms with van der Waals surface area (Å²) in [5, 5.41) is 0. The van der Waals surface area contributed by atoms with Gasteiger partial charge >= 0.3 is 23.7 Å². The molecule has 0 fully saturated rings. The predicted molar refractivity (Wildman–Crippen MR) is 50.7 cm³/mol. The average molecular weight is 306 g/mol. The normalized spacial score (nSPS) is 24.9. The highest BCUT2D eigenvalue weighted by Crippen LogP contribution is 2.65. The molecule has 1 aliphatic rings. The van der Waals surface area contributed by atoms with E-state index in [2.05, 4.69) is 4.74 Å². The quantitative estimate of drug-likeness (QED) is 0.708. The van der Waals surface area contributed by atoms with Crippen LogP contribution in [0.1, 0.15) is 11.1 Å². The summed E-state index contributed by atoms with van der Waals surface area (Å²) >= 11 is 0. The van der Waals surface area contributed by atoms with Crippen LogP contribution in [0.25, 0.3) is 0 Å². The number of benzene rings is 1. The molecular weight excluding hydrogens is 300 g/mol. The summed E-state index contributed by atoms with van der Waals surface area (Å²) in [4.78, 5) is 0. The summed E-state index contributed by atoms with van der Waals surface area (Å²) in [5.41, 5.74) is -3.80. The molecule has 0 N–H and O–H groups in total. The van der Waals surface area contributed by atoms with Gasteiger partial charge in [-0.15, -0.1) is 0 Å². The fourth-order valence-corrected chi connectivity index (χ4v) is 2.01. The van der Waals surface area contributed by atoms with Gasteiger partial charge < -0.3 is 4.74 Å². The Balaban J connectivity index is 2.93. The molecule has 0 saturated heterocycles. The van der Waals surface area contributed by atoms with Crippen LogP contribution >= 0.6 is 0 Å². The molecule has 0 radical (unpaired) electrons. The first-order chi connectivity index (χ1) is 8.93. The van der Waals surface area contributed by atoms with Gasteiger partial charge in [-0.05, 0) is 6.07 Å². The first-order valence-corrected chi connectivity index (χ1v) is 5.12. The molecule has 0 aromatic heterocycles. The number of rotatable bonds is 1. The maximum Gasteiger partial charge on any atom is 0.383 e. The fraction of sp³-hybridized carbons (Fsp3) is 0.455. The van der Waals surface area contributed by atoms with Gasteiger partial charge in [-0.25, -0.2) is 0 Å². The predicted octanol–water partition coefficient (Wildman–Crippen LogP) is 4.16. The number of methoxy groups -OCH3 is 1. The molecule has 0 bridgehead atoms. The Kier molecular flexibility index (Phi) is 2.80. The first kappa shape index (κ1) is 14.9. The molecule has 0 spiro atoms. The van der Waals surface area contributed by atoms with Gasteiger partial charge in [0.05, 0.1) is 12.7 Å². The van der Waals surface area contributed by atoms with E-state index in [1.54, 1.807) is 0 Å². The van der Waals surface area contributed by atoms with Crippen molar-refractivity contribution in [2.24, 2.45) is 0 Å². The maximum absolute atomic E-state index is 13.6. The molecular formula is C11H6F8O. The van der Waals surface area contributed by atoms with Gasteiger partial charge in [-0.3, -0.25) is 0 Å². The number of ether oxygens (including phenoxy) is 1. The van der Waals surface area contributed by atoms with Crippen LogP contribution in [0.5, 0.6) is 5.75 Å². The van der Waals surface area contributed by atoms with E-state index in [0.29, 0.717) is 6.07 Å². The minimum atomic E-state index is -6.26. The Morgan fingerprint density at radius 2 is 1.30 bits per heavy atom. The van der Waals surface area contributed by atoms with Crippen molar-refractivity contribution in [3.05, 3.63) is 29.3 Å². The van der Waals surface area contributed by atoms with Crippen molar-refractivity contribution in [2.45, 2.75) is 23.7 Å². The Morgan fingerprint density at radius 1 is 0.800 bits per heavy atom. The molecule has 1 nitrogen and oxygen atoms in total. The van der Waals surface area contributed by atoms with Crippen molar-refractivity contribution < 1.29 is 39.9 Å². The zero-order chi connectivity index (χ0) is 15.6. The van der Waals surface area contributed by atoms with Crippen LogP contribution in [0.3, 0.4) is 0 Å². The molecule has 20 heavy (non-hydrogen) atoms. The van der Waals surface area contributed by atoms with Crippen LogP contribution < -0.4 is 4.74 Å². The molecule has 0 saturated carbocycles. The second-order valence-corrected chi connectivity index (χ2v) is 4.18.